The Labute approximate surface area is 151 Å². The van der Waals surface area contributed by atoms with Crippen LogP contribution in [0.15, 0.2) is 15.3 Å². The number of carbonyl (C=O) groups is 2. The first-order chi connectivity index (χ1) is 12.4. The molecule has 0 saturated carbocycles. The number of aryl methyl sites for hydroxylation is 2. The van der Waals surface area contributed by atoms with Crippen molar-refractivity contribution in [3.05, 3.63) is 38.7 Å². The zero-order valence-electron chi connectivity index (χ0n) is 15.1. The number of benzene rings is 1. The van der Waals surface area contributed by atoms with Crippen molar-refractivity contribution in [3.8, 4) is 5.75 Å². The summed E-state index contributed by atoms with van der Waals surface area (Å²) in [6.45, 7) is 5.04. The SMILES string of the molecule is Cc1cc2c(C)c(CCC(=O)N3CCCCC3)c(=O)oc2c(C=O)c1O. The summed E-state index contributed by atoms with van der Waals surface area (Å²) in [6.07, 6.45) is 4.26. The van der Waals surface area contributed by atoms with Crippen molar-refractivity contribution in [1.29, 1.82) is 0 Å². The van der Waals surface area contributed by atoms with Crippen LogP contribution in [0.5, 0.6) is 5.75 Å². The van der Waals surface area contributed by atoms with Crippen LogP contribution in [0, 0.1) is 13.8 Å². The summed E-state index contributed by atoms with van der Waals surface area (Å²) >= 11 is 0. The summed E-state index contributed by atoms with van der Waals surface area (Å²) in [5.41, 5.74) is 1.19. The van der Waals surface area contributed by atoms with Crippen LogP contribution < -0.4 is 5.63 Å². The highest BCUT2D eigenvalue weighted by Crippen LogP contribution is 2.31. The largest absolute Gasteiger partial charge is 0.507 e. The number of rotatable bonds is 4. The molecule has 1 aliphatic heterocycles. The third-order valence-corrected chi connectivity index (χ3v) is 5.19. The topological polar surface area (TPSA) is 87.8 Å². The molecule has 1 aromatic carbocycles. The van der Waals surface area contributed by atoms with E-state index in [1.165, 1.54) is 0 Å². The number of amides is 1. The summed E-state index contributed by atoms with van der Waals surface area (Å²) in [6, 6.07) is 1.70. The number of phenols is 1. The molecule has 0 bridgehead atoms. The number of aromatic hydroxyl groups is 1. The van der Waals surface area contributed by atoms with Gasteiger partial charge in [-0.2, -0.15) is 0 Å². The quantitative estimate of drug-likeness (QED) is 0.671. The van der Waals surface area contributed by atoms with Gasteiger partial charge in [0, 0.05) is 30.5 Å². The average molecular weight is 357 g/mol. The molecule has 0 radical (unpaired) electrons. The summed E-state index contributed by atoms with van der Waals surface area (Å²) in [5, 5.41) is 10.6. The van der Waals surface area contributed by atoms with E-state index in [-0.39, 0.29) is 29.2 Å². The predicted octanol–water partition coefficient (Wildman–Crippen LogP) is 2.87. The molecule has 1 aromatic heterocycles. The summed E-state index contributed by atoms with van der Waals surface area (Å²) in [4.78, 5) is 38.0. The lowest BCUT2D eigenvalue weighted by molar-refractivity contribution is -0.132. The molecule has 1 aliphatic rings. The van der Waals surface area contributed by atoms with Crippen LogP contribution in [0.25, 0.3) is 11.0 Å². The molecule has 1 fully saturated rings. The van der Waals surface area contributed by atoms with Crippen LogP contribution in [0.1, 0.15) is 52.7 Å². The Morgan fingerprint density at radius 3 is 2.62 bits per heavy atom. The minimum atomic E-state index is -0.562. The van der Waals surface area contributed by atoms with E-state index in [0.717, 1.165) is 32.4 Å². The minimum absolute atomic E-state index is 0.0175. The van der Waals surface area contributed by atoms with Gasteiger partial charge in [0.15, 0.2) is 11.9 Å². The first-order valence-corrected chi connectivity index (χ1v) is 8.96. The highest BCUT2D eigenvalue weighted by molar-refractivity contribution is 5.99. The van der Waals surface area contributed by atoms with Crippen molar-refractivity contribution in [2.24, 2.45) is 0 Å². The summed E-state index contributed by atoms with van der Waals surface area (Å²) < 4.78 is 5.34. The van der Waals surface area contributed by atoms with Gasteiger partial charge in [-0.1, -0.05) is 0 Å². The third kappa shape index (κ3) is 3.23. The number of aldehydes is 1. The van der Waals surface area contributed by atoms with Gasteiger partial charge in [0.25, 0.3) is 0 Å². The second kappa shape index (κ2) is 7.32. The first-order valence-electron chi connectivity index (χ1n) is 8.96. The summed E-state index contributed by atoms with van der Waals surface area (Å²) in [7, 11) is 0. The number of hydrogen-bond acceptors (Lipinski definition) is 5. The third-order valence-electron chi connectivity index (χ3n) is 5.19. The van der Waals surface area contributed by atoms with Crippen molar-refractivity contribution >= 4 is 23.2 Å². The molecule has 0 unspecified atom stereocenters. The van der Waals surface area contributed by atoms with Crippen LogP contribution >= 0.6 is 0 Å². The van der Waals surface area contributed by atoms with E-state index in [4.69, 9.17) is 4.42 Å². The molecule has 138 valence electrons. The van der Waals surface area contributed by atoms with Crippen molar-refractivity contribution in [3.63, 3.8) is 0 Å². The van der Waals surface area contributed by atoms with Crippen LogP contribution in [-0.4, -0.2) is 35.3 Å². The molecule has 0 spiro atoms. The molecule has 0 atom stereocenters. The number of piperidine rings is 1. The number of carbonyl (C=O) groups excluding carboxylic acids is 2. The fourth-order valence-corrected chi connectivity index (χ4v) is 3.61. The zero-order valence-corrected chi connectivity index (χ0v) is 15.1. The van der Waals surface area contributed by atoms with E-state index in [1.54, 1.807) is 19.9 Å². The van der Waals surface area contributed by atoms with Gasteiger partial charge in [0.2, 0.25) is 5.91 Å². The lowest BCUT2D eigenvalue weighted by Gasteiger charge is -2.26. The molecule has 0 aliphatic carbocycles. The zero-order chi connectivity index (χ0) is 18.8. The fraction of sp³-hybridized carbons (Fsp3) is 0.450. The molecule has 2 aromatic rings. The molecule has 6 heteroatoms. The molecule has 2 heterocycles. The van der Waals surface area contributed by atoms with Gasteiger partial charge in [-0.15, -0.1) is 0 Å². The maximum atomic E-state index is 12.4. The second-order valence-electron chi connectivity index (χ2n) is 6.88. The molecule has 26 heavy (non-hydrogen) atoms. The number of hydrogen-bond donors (Lipinski definition) is 1. The van der Waals surface area contributed by atoms with Crippen molar-refractivity contribution < 1.29 is 19.1 Å². The van der Waals surface area contributed by atoms with E-state index in [0.29, 0.717) is 34.8 Å². The molecule has 1 amide bonds. The Kier molecular flexibility index (Phi) is 5.11. The molecule has 1 N–H and O–H groups in total. The lowest BCUT2D eigenvalue weighted by Crippen LogP contribution is -2.35. The molecular weight excluding hydrogens is 334 g/mol. The van der Waals surface area contributed by atoms with E-state index >= 15 is 0 Å². The number of nitrogens with zero attached hydrogens (tertiary/aromatic N) is 1. The molecule has 1 saturated heterocycles. The Bertz CT molecular complexity index is 922. The van der Waals surface area contributed by atoms with Crippen molar-refractivity contribution in [2.75, 3.05) is 13.1 Å². The average Bonchev–Trinajstić information content (AvgIpc) is 2.64. The van der Waals surface area contributed by atoms with E-state index in [1.807, 2.05) is 4.90 Å². The lowest BCUT2D eigenvalue weighted by atomic mass is 9.98. The van der Waals surface area contributed by atoms with Gasteiger partial charge in [-0.3, -0.25) is 9.59 Å². The normalized spacial score (nSPS) is 14.6. The monoisotopic (exact) mass is 357 g/mol. The van der Waals surface area contributed by atoms with Crippen molar-refractivity contribution in [1.82, 2.24) is 4.90 Å². The maximum absolute atomic E-state index is 12.4. The highest BCUT2D eigenvalue weighted by atomic mass is 16.4. The molecular formula is C20H23NO5. The van der Waals surface area contributed by atoms with Crippen LogP contribution in [0.3, 0.4) is 0 Å². The number of likely N-dealkylation sites (tertiary alicyclic amines) is 1. The van der Waals surface area contributed by atoms with Gasteiger partial charge in [-0.05, 0) is 56.7 Å². The number of phenolic OH excluding ortho intramolecular Hbond substituents is 1. The van der Waals surface area contributed by atoms with E-state index in [2.05, 4.69) is 0 Å². The van der Waals surface area contributed by atoms with Crippen LogP contribution in [0.2, 0.25) is 0 Å². The Morgan fingerprint density at radius 2 is 1.96 bits per heavy atom. The van der Waals surface area contributed by atoms with Gasteiger partial charge in [0.1, 0.15) is 5.75 Å². The summed E-state index contributed by atoms with van der Waals surface area (Å²) in [5.74, 6) is -0.123. The maximum Gasteiger partial charge on any atom is 0.339 e. The standard InChI is InChI=1S/C20H23NO5/c1-12-10-15-13(2)14(6-7-17(23)21-8-4-3-5-9-21)20(25)26-19(15)16(11-22)18(12)24/h10-11,24H,3-9H2,1-2H3. The van der Waals surface area contributed by atoms with Crippen molar-refractivity contribution in [2.45, 2.75) is 46.0 Å². The highest BCUT2D eigenvalue weighted by Gasteiger charge is 2.20. The number of fused-ring (bicyclic) bond motifs is 1. The van der Waals surface area contributed by atoms with Gasteiger partial charge >= 0.3 is 5.63 Å². The van der Waals surface area contributed by atoms with Crippen LogP contribution in [-0.2, 0) is 11.2 Å². The van der Waals surface area contributed by atoms with Gasteiger partial charge in [0.05, 0.1) is 5.56 Å². The Balaban J connectivity index is 1.94. The van der Waals surface area contributed by atoms with Gasteiger partial charge in [-0.25, -0.2) is 4.79 Å². The molecule has 3 rings (SSSR count). The fourth-order valence-electron chi connectivity index (χ4n) is 3.61. The second-order valence-corrected chi connectivity index (χ2v) is 6.88. The predicted molar refractivity (Wildman–Crippen MR) is 97.8 cm³/mol. The smallest absolute Gasteiger partial charge is 0.339 e. The van der Waals surface area contributed by atoms with E-state index < -0.39 is 5.63 Å². The van der Waals surface area contributed by atoms with E-state index in [9.17, 15) is 19.5 Å². The Hall–Kier alpha value is -2.63. The molecule has 6 nitrogen and oxygen atoms in total. The van der Waals surface area contributed by atoms with Crippen LogP contribution in [0.4, 0.5) is 0 Å². The first kappa shape index (κ1) is 18.2. The van der Waals surface area contributed by atoms with Gasteiger partial charge < -0.3 is 14.4 Å². The Morgan fingerprint density at radius 1 is 1.27 bits per heavy atom. The minimum Gasteiger partial charge on any atom is -0.507 e.